The van der Waals surface area contributed by atoms with Gasteiger partial charge in [0.05, 0.1) is 17.8 Å². The molecule has 1 fully saturated rings. The molecule has 3 aromatic heterocycles. The number of halogens is 1. The number of imidazole rings is 1. The van der Waals surface area contributed by atoms with Gasteiger partial charge in [0.2, 0.25) is 5.91 Å². The molecule has 0 unspecified atom stereocenters. The molecule has 3 heterocycles. The van der Waals surface area contributed by atoms with Crippen molar-refractivity contribution in [2.45, 2.75) is 31.7 Å². The smallest absolute Gasteiger partial charge is 0.220 e. The van der Waals surface area contributed by atoms with E-state index in [1.165, 1.54) is 12.1 Å². The third-order valence-corrected chi connectivity index (χ3v) is 5.47. The van der Waals surface area contributed by atoms with Gasteiger partial charge in [-0.25, -0.2) is 9.37 Å². The molecule has 1 aliphatic carbocycles. The van der Waals surface area contributed by atoms with Gasteiger partial charge in [0.1, 0.15) is 23.0 Å². The van der Waals surface area contributed by atoms with Crippen LogP contribution in [0.2, 0.25) is 0 Å². The molecule has 1 aliphatic rings. The van der Waals surface area contributed by atoms with Crippen molar-refractivity contribution in [1.29, 1.82) is 0 Å². The number of fused-ring (bicyclic) bond motifs is 2. The van der Waals surface area contributed by atoms with Crippen molar-refractivity contribution in [3.63, 3.8) is 0 Å². The van der Waals surface area contributed by atoms with E-state index in [4.69, 9.17) is 4.42 Å². The lowest BCUT2D eigenvalue weighted by atomic mass is 10.2. The molecule has 1 N–H and O–H groups in total. The Morgan fingerprint density at radius 1 is 1.36 bits per heavy atom. The molecule has 0 aliphatic heterocycles. The van der Waals surface area contributed by atoms with Gasteiger partial charge in [0.25, 0.3) is 0 Å². The van der Waals surface area contributed by atoms with Crippen LogP contribution < -0.4 is 5.32 Å². The molecule has 4 aromatic rings. The molecule has 28 heavy (non-hydrogen) atoms. The first-order valence-corrected chi connectivity index (χ1v) is 9.49. The standard InChI is InChI=1S/C22H20FN3O2/c1-13(20-10-15-8-16(23)5-6-19(15)28-20)25-21(27)11-14-9-18(14)22-24-12-17-4-2-3-7-26(17)22/h2-8,10,12-14,18H,9,11H2,1H3,(H,25,27)/t13-,14-,18+/m1/s1. The fourth-order valence-electron chi connectivity index (χ4n) is 3.89. The summed E-state index contributed by atoms with van der Waals surface area (Å²) in [6, 6.07) is 11.9. The van der Waals surface area contributed by atoms with Gasteiger partial charge in [0.15, 0.2) is 0 Å². The van der Waals surface area contributed by atoms with E-state index in [2.05, 4.69) is 14.7 Å². The Kier molecular flexibility index (Phi) is 3.93. The molecule has 5 rings (SSSR count). The molecule has 142 valence electrons. The lowest BCUT2D eigenvalue weighted by Gasteiger charge is -2.11. The quantitative estimate of drug-likeness (QED) is 0.553. The van der Waals surface area contributed by atoms with Crippen molar-refractivity contribution in [1.82, 2.24) is 14.7 Å². The zero-order valence-electron chi connectivity index (χ0n) is 15.4. The number of carbonyl (C=O) groups excluding carboxylic acids is 1. The van der Waals surface area contributed by atoms with Gasteiger partial charge in [-0.05, 0) is 55.7 Å². The predicted molar refractivity (Wildman–Crippen MR) is 103 cm³/mol. The van der Waals surface area contributed by atoms with Crippen LogP contribution >= 0.6 is 0 Å². The molecule has 0 saturated heterocycles. The Bertz CT molecular complexity index is 1180. The Balaban J connectivity index is 1.22. The predicted octanol–water partition coefficient (Wildman–Crippen LogP) is 4.59. The maximum absolute atomic E-state index is 13.3. The summed E-state index contributed by atoms with van der Waals surface area (Å²) in [6.07, 6.45) is 5.32. The minimum absolute atomic E-state index is 0.00695. The Morgan fingerprint density at radius 3 is 3.14 bits per heavy atom. The minimum atomic E-state index is -0.303. The lowest BCUT2D eigenvalue weighted by molar-refractivity contribution is -0.122. The highest BCUT2D eigenvalue weighted by molar-refractivity contribution is 5.79. The topological polar surface area (TPSA) is 59.5 Å². The minimum Gasteiger partial charge on any atom is -0.459 e. The highest BCUT2D eigenvalue weighted by Crippen LogP contribution is 2.49. The number of carbonyl (C=O) groups is 1. The SMILES string of the molecule is C[C@@H](NC(=O)C[C@H]1C[C@@H]1c1ncc2ccccn12)c1cc2cc(F)ccc2o1. The van der Waals surface area contributed by atoms with Crippen LogP contribution in [-0.4, -0.2) is 15.3 Å². The number of amides is 1. The summed E-state index contributed by atoms with van der Waals surface area (Å²) in [5.74, 6) is 1.97. The van der Waals surface area contributed by atoms with Gasteiger partial charge in [-0.2, -0.15) is 0 Å². The van der Waals surface area contributed by atoms with E-state index in [0.717, 1.165) is 17.8 Å². The fourth-order valence-corrected chi connectivity index (χ4v) is 3.89. The van der Waals surface area contributed by atoms with Crippen molar-refractivity contribution in [3.05, 3.63) is 72.3 Å². The monoisotopic (exact) mass is 377 g/mol. The molecular formula is C22H20FN3O2. The molecule has 3 atom stereocenters. The first-order valence-electron chi connectivity index (χ1n) is 9.49. The summed E-state index contributed by atoms with van der Waals surface area (Å²) in [5, 5.41) is 3.69. The van der Waals surface area contributed by atoms with Gasteiger partial charge in [-0.3, -0.25) is 4.79 Å². The number of rotatable bonds is 5. The molecule has 0 bridgehead atoms. The van der Waals surface area contributed by atoms with Gasteiger partial charge in [-0.15, -0.1) is 0 Å². The van der Waals surface area contributed by atoms with E-state index in [1.807, 2.05) is 37.5 Å². The van der Waals surface area contributed by atoms with E-state index in [-0.39, 0.29) is 17.8 Å². The second-order valence-corrected chi connectivity index (χ2v) is 7.54. The Labute approximate surface area is 161 Å². The third-order valence-electron chi connectivity index (χ3n) is 5.47. The number of hydrogen-bond acceptors (Lipinski definition) is 3. The Morgan fingerprint density at radius 2 is 2.25 bits per heavy atom. The van der Waals surface area contributed by atoms with Crippen LogP contribution in [0.5, 0.6) is 0 Å². The van der Waals surface area contributed by atoms with Crippen molar-refractivity contribution in [2.24, 2.45) is 5.92 Å². The number of furan rings is 1. The second kappa shape index (κ2) is 6.48. The lowest BCUT2D eigenvalue weighted by Crippen LogP contribution is -2.26. The zero-order chi connectivity index (χ0) is 19.3. The van der Waals surface area contributed by atoms with Crippen LogP contribution in [0.25, 0.3) is 16.5 Å². The molecule has 0 radical (unpaired) electrons. The Hall–Kier alpha value is -3.15. The number of hydrogen-bond donors (Lipinski definition) is 1. The maximum Gasteiger partial charge on any atom is 0.220 e. The first kappa shape index (κ1) is 17.0. The number of nitrogens with one attached hydrogen (secondary N) is 1. The van der Waals surface area contributed by atoms with E-state index >= 15 is 0 Å². The fraction of sp³-hybridized carbons (Fsp3) is 0.273. The number of pyridine rings is 1. The molecular weight excluding hydrogens is 357 g/mol. The second-order valence-electron chi connectivity index (χ2n) is 7.54. The van der Waals surface area contributed by atoms with Gasteiger partial charge < -0.3 is 14.1 Å². The molecule has 1 amide bonds. The summed E-state index contributed by atoms with van der Waals surface area (Å²) < 4.78 is 21.2. The molecule has 1 saturated carbocycles. The molecule has 0 spiro atoms. The van der Waals surface area contributed by atoms with Crippen molar-refractivity contribution >= 4 is 22.4 Å². The van der Waals surface area contributed by atoms with E-state index in [0.29, 0.717) is 35.0 Å². The van der Waals surface area contributed by atoms with E-state index in [9.17, 15) is 9.18 Å². The normalized spacial score (nSPS) is 19.8. The summed E-state index contributed by atoms with van der Waals surface area (Å²) in [5.41, 5.74) is 1.69. The first-order chi connectivity index (χ1) is 13.6. The highest BCUT2D eigenvalue weighted by Gasteiger charge is 2.42. The van der Waals surface area contributed by atoms with Crippen LogP contribution in [0, 0.1) is 11.7 Å². The van der Waals surface area contributed by atoms with Crippen molar-refractivity contribution in [3.8, 4) is 0 Å². The van der Waals surface area contributed by atoms with Gasteiger partial charge in [-0.1, -0.05) is 6.07 Å². The zero-order valence-corrected chi connectivity index (χ0v) is 15.4. The highest BCUT2D eigenvalue weighted by atomic mass is 19.1. The molecule has 6 heteroatoms. The number of nitrogens with zero attached hydrogens (tertiary/aromatic N) is 2. The maximum atomic E-state index is 13.3. The van der Waals surface area contributed by atoms with Crippen LogP contribution in [0.3, 0.4) is 0 Å². The van der Waals surface area contributed by atoms with Crippen LogP contribution in [-0.2, 0) is 4.79 Å². The molecule has 5 nitrogen and oxygen atoms in total. The summed E-state index contributed by atoms with van der Waals surface area (Å²) in [4.78, 5) is 17.0. The van der Waals surface area contributed by atoms with Crippen LogP contribution in [0.1, 0.15) is 43.3 Å². The summed E-state index contributed by atoms with van der Waals surface area (Å²) >= 11 is 0. The summed E-state index contributed by atoms with van der Waals surface area (Å²) in [7, 11) is 0. The average molecular weight is 377 g/mol. The van der Waals surface area contributed by atoms with Crippen molar-refractivity contribution in [2.75, 3.05) is 0 Å². The van der Waals surface area contributed by atoms with E-state index in [1.54, 1.807) is 12.1 Å². The van der Waals surface area contributed by atoms with E-state index < -0.39 is 0 Å². The van der Waals surface area contributed by atoms with Gasteiger partial charge >= 0.3 is 0 Å². The number of benzene rings is 1. The number of aromatic nitrogens is 2. The van der Waals surface area contributed by atoms with Crippen molar-refractivity contribution < 1.29 is 13.6 Å². The average Bonchev–Trinajstić information content (AvgIpc) is 3.12. The third kappa shape index (κ3) is 3.05. The van der Waals surface area contributed by atoms with Gasteiger partial charge in [0, 0.05) is 23.9 Å². The molecule has 1 aromatic carbocycles. The summed E-state index contributed by atoms with van der Waals surface area (Å²) in [6.45, 7) is 1.87. The van der Waals surface area contributed by atoms with Crippen LogP contribution in [0.4, 0.5) is 4.39 Å². The largest absolute Gasteiger partial charge is 0.459 e. The van der Waals surface area contributed by atoms with Crippen LogP contribution in [0.15, 0.2) is 59.3 Å².